The van der Waals surface area contributed by atoms with Crippen molar-refractivity contribution in [3.63, 3.8) is 0 Å². The van der Waals surface area contributed by atoms with Gasteiger partial charge in [0.25, 0.3) is 0 Å². The molecule has 2 bridgehead atoms. The molecule has 0 unspecified atom stereocenters. The predicted octanol–water partition coefficient (Wildman–Crippen LogP) is 3.02. The first kappa shape index (κ1) is 7.99. The summed E-state index contributed by atoms with van der Waals surface area (Å²) in [6.45, 7) is 0. The molecular weight excluding hydrogens is 196 g/mol. The first-order chi connectivity index (χ1) is 7.93. The van der Waals surface area contributed by atoms with Crippen LogP contribution in [0.1, 0.15) is 11.4 Å². The van der Waals surface area contributed by atoms with Crippen LogP contribution in [-0.4, -0.2) is 4.98 Å². The molecule has 3 heterocycles. The van der Waals surface area contributed by atoms with Gasteiger partial charge in [-0.3, -0.25) is 0 Å². The third kappa shape index (κ3) is 0.865. The minimum Gasteiger partial charge on any atom is -0.367 e. The van der Waals surface area contributed by atoms with Gasteiger partial charge in [-0.25, -0.2) is 0 Å². The van der Waals surface area contributed by atoms with Crippen molar-refractivity contribution in [2.45, 2.75) is 0 Å². The van der Waals surface area contributed by atoms with Crippen LogP contribution in [0.3, 0.4) is 0 Å². The van der Waals surface area contributed by atoms with Crippen LogP contribution in [0.5, 0.6) is 0 Å². The molecule has 0 atom stereocenters. The number of hydrogen-bond acceptors (Lipinski definition) is 1. The fourth-order valence-corrected chi connectivity index (χ4v) is 2.47. The zero-order chi connectivity index (χ0) is 10.5. The highest BCUT2D eigenvalue weighted by Gasteiger charge is 2.20. The van der Waals surface area contributed by atoms with E-state index < -0.39 is 0 Å². The van der Waals surface area contributed by atoms with Gasteiger partial charge in [-0.2, -0.15) is 0 Å². The SMILES string of the molecule is C1=CC2=Cc3[nH]c(c4ccccc34)C2=CN1. The van der Waals surface area contributed by atoms with Gasteiger partial charge in [-0.15, -0.1) is 0 Å². The van der Waals surface area contributed by atoms with Crippen molar-refractivity contribution in [3.8, 4) is 0 Å². The Morgan fingerprint density at radius 2 is 1.88 bits per heavy atom. The Bertz CT molecular complexity index is 684. The summed E-state index contributed by atoms with van der Waals surface area (Å²) in [5.74, 6) is 0. The number of dihydropyridines is 1. The van der Waals surface area contributed by atoms with E-state index in [1.54, 1.807) is 0 Å². The highest BCUT2D eigenvalue weighted by molar-refractivity contribution is 6.07. The Morgan fingerprint density at radius 1 is 1.00 bits per heavy atom. The lowest BCUT2D eigenvalue weighted by Gasteiger charge is -2.14. The zero-order valence-electron chi connectivity index (χ0n) is 8.62. The summed E-state index contributed by atoms with van der Waals surface area (Å²) in [4.78, 5) is 3.47. The fraction of sp³-hybridized carbons (Fsp3) is 0. The lowest BCUT2D eigenvalue weighted by molar-refractivity contribution is 1.16. The molecule has 1 aromatic carbocycles. The predicted molar refractivity (Wildman–Crippen MR) is 66.5 cm³/mol. The summed E-state index contributed by atoms with van der Waals surface area (Å²) in [7, 11) is 0. The molecule has 76 valence electrons. The van der Waals surface area contributed by atoms with E-state index >= 15 is 0 Å². The highest BCUT2D eigenvalue weighted by Crippen LogP contribution is 2.38. The van der Waals surface area contributed by atoms with Gasteiger partial charge in [0.1, 0.15) is 0 Å². The van der Waals surface area contributed by atoms with Crippen molar-refractivity contribution in [1.29, 1.82) is 0 Å². The van der Waals surface area contributed by atoms with E-state index in [4.69, 9.17) is 0 Å². The van der Waals surface area contributed by atoms with Crippen molar-refractivity contribution in [1.82, 2.24) is 10.3 Å². The third-order valence-corrected chi connectivity index (χ3v) is 3.21. The van der Waals surface area contributed by atoms with E-state index in [0.717, 1.165) is 0 Å². The Kier molecular flexibility index (Phi) is 1.33. The quantitative estimate of drug-likeness (QED) is 0.681. The second-order valence-electron chi connectivity index (χ2n) is 4.12. The number of benzene rings is 1. The van der Waals surface area contributed by atoms with E-state index in [0.29, 0.717) is 0 Å². The number of H-pyrrole nitrogens is 1. The van der Waals surface area contributed by atoms with Crippen molar-refractivity contribution < 1.29 is 0 Å². The molecule has 0 spiro atoms. The van der Waals surface area contributed by atoms with Crippen molar-refractivity contribution in [2.75, 3.05) is 0 Å². The van der Waals surface area contributed by atoms with Crippen LogP contribution in [0, 0.1) is 0 Å². The molecule has 2 aliphatic heterocycles. The second kappa shape index (κ2) is 2.67. The van der Waals surface area contributed by atoms with Crippen molar-refractivity contribution in [3.05, 3.63) is 59.7 Å². The Labute approximate surface area is 93.0 Å². The van der Waals surface area contributed by atoms with Gasteiger partial charge in [0.05, 0.1) is 5.69 Å². The van der Waals surface area contributed by atoms with E-state index in [2.05, 4.69) is 46.7 Å². The number of allylic oxidation sites excluding steroid dienone is 3. The van der Waals surface area contributed by atoms with Crippen LogP contribution in [0.25, 0.3) is 22.4 Å². The molecule has 0 saturated carbocycles. The summed E-state index contributed by atoms with van der Waals surface area (Å²) < 4.78 is 0. The number of rotatable bonds is 0. The Morgan fingerprint density at radius 3 is 2.81 bits per heavy atom. The molecule has 2 nitrogen and oxygen atoms in total. The first-order valence-corrected chi connectivity index (χ1v) is 5.39. The minimum absolute atomic E-state index is 1.21. The third-order valence-electron chi connectivity index (χ3n) is 3.21. The lowest BCUT2D eigenvalue weighted by atomic mass is 10.00. The maximum atomic E-state index is 3.47. The minimum atomic E-state index is 1.21. The molecule has 2 aliphatic rings. The van der Waals surface area contributed by atoms with Crippen molar-refractivity contribution >= 4 is 22.4 Å². The van der Waals surface area contributed by atoms with E-state index in [9.17, 15) is 0 Å². The van der Waals surface area contributed by atoms with Crippen LogP contribution >= 0.6 is 0 Å². The number of nitrogens with one attached hydrogen (secondary N) is 2. The van der Waals surface area contributed by atoms with Crippen LogP contribution in [0.2, 0.25) is 0 Å². The van der Waals surface area contributed by atoms with Gasteiger partial charge in [0, 0.05) is 34.4 Å². The first-order valence-electron chi connectivity index (χ1n) is 5.39. The average Bonchev–Trinajstić information content (AvgIpc) is 2.65. The number of aromatic nitrogens is 1. The molecule has 0 fully saturated rings. The molecule has 0 radical (unpaired) electrons. The zero-order valence-corrected chi connectivity index (χ0v) is 8.62. The largest absolute Gasteiger partial charge is 0.367 e. The normalized spacial score (nSPS) is 16.5. The topological polar surface area (TPSA) is 27.8 Å². The van der Waals surface area contributed by atoms with Gasteiger partial charge >= 0.3 is 0 Å². The second-order valence-corrected chi connectivity index (χ2v) is 4.12. The summed E-state index contributed by atoms with van der Waals surface area (Å²) in [5.41, 5.74) is 4.96. The molecule has 2 N–H and O–H groups in total. The smallest absolute Gasteiger partial charge is 0.0559 e. The molecular formula is C14H10N2. The number of fused-ring (bicyclic) bond motifs is 7. The lowest BCUT2D eigenvalue weighted by Crippen LogP contribution is -2.05. The number of hydrogen-bond donors (Lipinski definition) is 2. The van der Waals surface area contributed by atoms with Gasteiger partial charge < -0.3 is 10.3 Å². The monoisotopic (exact) mass is 206 g/mol. The Balaban J connectivity index is 2.15. The molecule has 0 aliphatic carbocycles. The van der Waals surface area contributed by atoms with Crippen LogP contribution < -0.4 is 5.32 Å². The number of aromatic amines is 1. The Hall–Kier alpha value is -2.22. The summed E-state index contributed by atoms with van der Waals surface area (Å²) >= 11 is 0. The summed E-state index contributed by atoms with van der Waals surface area (Å²) in [6, 6.07) is 8.50. The molecule has 2 aromatic rings. The fourth-order valence-electron chi connectivity index (χ4n) is 2.47. The standard InChI is InChI=1S/C14H10N2/c1-2-4-11-10(3-1)13-7-9-5-6-15-8-12(9)14(11)16-13/h1-8,15-16H. The maximum absolute atomic E-state index is 3.47. The van der Waals surface area contributed by atoms with E-state index in [1.165, 1.54) is 33.3 Å². The average molecular weight is 206 g/mol. The molecule has 16 heavy (non-hydrogen) atoms. The van der Waals surface area contributed by atoms with Gasteiger partial charge in [-0.05, 0) is 17.7 Å². The summed E-state index contributed by atoms with van der Waals surface area (Å²) in [6.07, 6.45) is 8.33. The van der Waals surface area contributed by atoms with E-state index in [-0.39, 0.29) is 0 Å². The molecule has 4 rings (SSSR count). The maximum Gasteiger partial charge on any atom is 0.0559 e. The molecule has 0 amide bonds. The molecule has 1 aromatic heterocycles. The summed E-state index contributed by atoms with van der Waals surface area (Å²) in [5, 5.41) is 5.74. The van der Waals surface area contributed by atoms with Gasteiger partial charge in [-0.1, -0.05) is 24.3 Å². The highest BCUT2D eigenvalue weighted by atomic mass is 14.8. The van der Waals surface area contributed by atoms with Crippen LogP contribution in [0.4, 0.5) is 0 Å². The molecule has 0 saturated heterocycles. The van der Waals surface area contributed by atoms with Gasteiger partial charge in [0.15, 0.2) is 0 Å². The van der Waals surface area contributed by atoms with E-state index in [1.807, 2.05) is 12.4 Å². The van der Waals surface area contributed by atoms with Gasteiger partial charge in [0.2, 0.25) is 0 Å². The van der Waals surface area contributed by atoms with Crippen LogP contribution in [-0.2, 0) is 0 Å². The van der Waals surface area contributed by atoms with Crippen molar-refractivity contribution in [2.24, 2.45) is 0 Å². The van der Waals surface area contributed by atoms with Crippen LogP contribution in [0.15, 0.2) is 48.3 Å². The molecule has 2 heteroatoms.